The van der Waals surface area contributed by atoms with Gasteiger partial charge in [0, 0.05) is 28.6 Å². The Morgan fingerprint density at radius 2 is 2.00 bits per heavy atom. The molecule has 0 radical (unpaired) electrons. The van der Waals surface area contributed by atoms with Crippen molar-refractivity contribution in [3.63, 3.8) is 0 Å². The highest BCUT2D eigenvalue weighted by atomic mass is 79.9. The Bertz CT molecular complexity index is 629. The van der Waals surface area contributed by atoms with Crippen LogP contribution in [-0.2, 0) is 0 Å². The monoisotopic (exact) mass is 351 g/mol. The number of hydrogen-bond acceptors (Lipinski definition) is 3. The Balaban J connectivity index is 2.51. The van der Waals surface area contributed by atoms with Crippen LogP contribution in [-0.4, -0.2) is 16.5 Å². The molecule has 1 aromatic heterocycles. The second kappa shape index (κ2) is 6.98. The van der Waals surface area contributed by atoms with E-state index in [0.29, 0.717) is 17.1 Å². The molecule has 0 aliphatic rings. The summed E-state index contributed by atoms with van der Waals surface area (Å²) in [6.45, 7) is 6.97. The van der Waals surface area contributed by atoms with Crippen molar-refractivity contribution in [3.8, 4) is 11.3 Å². The summed E-state index contributed by atoms with van der Waals surface area (Å²) in [6.07, 6.45) is 1.00. The van der Waals surface area contributed by atoms with Crippen LogP contribution in [0.25, 0.3) is 11.3 Å². The van der Waals surface area contributed by atoms with E-state index in [-0.39, 0.29) is 11.7 Å². The molecule has 1 N–H and O–H groups in total. The van der Waals surface area contributed by atoms with Gasteiger partial charge in [-0.1, -0.05) is 36.7 Å². The minimum atomic E-state index is -0.284. The Kier molecular flexibility index (Phi) is 5.28. The topological polar surface area (TPSA) is 37.8 Å². The molecule has 0 bridgehead atoms. The van der Waals surface area contributed by atoms with Crippen molar-refractivity contribution in [1.82, 2.24) is 9.97 Å². The van der Waals surface area contributed by atoms with E-state index in [1.54, 1.807) is 18.2 Å². The van der Waals surface area contributed by atoms with Gasteiger partial charge < -0.3 is 5.32 Å². The van der Waals surface area contributed by atoms with Crippen LogP contribution in [0.2, 0.25) is 0 Å². The van der Waals surface area contributed by atoms with Crippen LogP contribution in [0.5, 0.6) is 0 Å². The molecule has 0 fully saturated rings. The highest BCUT2D eigenvalue weighted by Crippen LogP contribution is 2.27. The molecule has 0 aliphatic carbocycles. The summed E-state index contributed by atoms with van der Waals surface area (Å²) in [5, 5.41) is 3.25. The molecular weight excluding hydrogens is 333 g/mol. The van der Waals surface area contributed by atoms with E-state index in [1.165, 1.54) is 6.07 Å². The summed E-state index contributed by atoms with van der Waals surface area (Å²) in [5.74, 6) is 1.35. The largest absolute Gasteiger partial charge is 0.370 e. The van der Waals surface area contributed by atoms with E-state index in [4.69, 9.17) is 0 Å². The summed E-state index contributed by atoms with van der Waals surface area (Å²) in [5.41, 5.74) is 1.08. The maximum atomic E-state index is 14.1. The fourth-order valence-electron chi connectivity index (χ4n) is 1.90. The van der Waals surface area contributed by atoms with Crippen LogP contribution in [0.4, 0.5) is 10.2 Å². The van der Waals surface area contributed by atoms with Crippen molar-refractivity contribution < 1.29 is 4.39 Å². The smallest absolute Gasteiger partial charge is 0.133 e. The van der Waals surface area contributed by atoms with Gasteiger partial charge in [-0.2, -0.15) is 0 Å². The standard InChI is InChI=1S/C16H19BrFN3/c1-4-7-19-15-9-14(20-16(21-15)10(2)3)12-8-11(17)5-6-13(12)18/h5-6,8-10H,4,7H2,1-3H3,(H,19,20,21). The minimum Gasteiger partial charge on any atom is -0.370 e. The van der Waals surface area contributed by atoms with E-state index in [0.717, 1.165) is 23.3 Å². The minimum absolute atomic E-state index is 0.183. The molecule has 2 rings (SSSR count). The van der Waals surface area contributed by atoms with Crippen molar-refractivity contribution in [2.24, 2.45) is 0 Å². The lowest BCUT2D eigenvalue weighted by molar-refractivity contribution is 0.630. The molecule has 0 saturated carbocycles. The maximum Gasteiger partial charge on any atom is 0.133 e. The molecule has 112 valence electrons. The average Bonchev–Trinajstić information content (AvgIpc) is 2.47. The van der Waals surface area contributed by atoms with Crippen molar-refractivity contribution >= 4 is 21.7 Å². The van der Waals surface area contributed by atoms with Crippen LogP contribution >= 0.6 is 15.9 Å². The number of hydrogen-bond donors (Lipinski definition) is 1. The molecule has 1 aromatic carbocycles. The third-order valence-electron chi connectivity index (χ3n) is 3.02. The lowest BCUT2D eigenvalue weighted by Crippen LogP contribution is -2.07. The highest BCUT2D eigenvalue weighted by Gasteiger charge is 2.13. The van der Waals surface area contributed by atoms with Crippen molar-refractivity contribution in [2.45, 2.75) is 33.1 Å². The van der Waals surface area contributed by atoms with Gasteiger partial charge in [0.15, 0.2) is 0 Å². The van der Waals surface area contributed by atoms with Gasteiger partial charge in [-0.15, -0.1) is 0 Å². The van der Waals surface area contributed by atoms with Crippen LogP contribution in [0, 0.1) is 5.82 Å². The molecule has 2 aromatic rings. The first-order chi connectivity index (χ1) is 10.0. The van der Waals surface area contributed by atoms with Gasteiger partial charge in [-0.25, -0.2) is 14.4 Å². The number of rotatable bonds is 5. The van der Waals surface area contributed by atoms with Gasteiger partial charge in [0.2, 0.25) is 0 Å². The van der Waals surface area contributed by atoms with Crippen molar-refractivity contribution in [1.29, 1.82) is 0 Å². The number of halogens is 2. The van der Waals surface area contributed by atoms with Crippen LogP contribution in [0.1, 0.15) is 38.9 Å². The van der Waals surface area contributed by atoms with Crippen molar-refractivity contribution in [2.75, 3.05) is 11.9 Å². The predicted octanol–water partition coefficient (Wildman–Crippen LogP) is 4.99. The third-order valence-corrected chi connectivity index (χ3v) is 3.51. The molecule has 21 heavy (non-hydrogen) atoms. The Morgan fingerprint density at radius 1 is 1.24 bits per heavy atom. The first-order valence-corrected chi connectivity index (χ1v) is 7.88. The zero-order chi connectivity index (χ0) is 15.4. The Hall–Kier alpha value is -1.49. The lowest BCUT2D eigenvalue weighted by atomic mass is 10.1. The average molecular weight is 352 g/mol. The molecule has 5 heteroatoms. The third kappa shape index (κ3) is 4.00. The van der Waals surface area contributed by atoms with Gasteiger partial charge in [0.25, 0.3) is 0 Å². The summed E-state index contributed by atoms with van der Waals surface area (Å²) < 4.78 is 14.9. The number of nitrogens with zero attached hydrogens (tertiary/aromatic N) is 2. The summed E-state index contributed by atoms with van der Waals surface area (Å²) in [4.78, 5) is 8.99. The first kappa shape index (κ1) is 15.9. The summed E-state index contributed by atoms with van der Waals surface area (Å²) in [7, 11) is 0. The van der Waals surface area contributed by atoms with E-state index >= 15 is 0 Å². The van der Waals surface area contributed by atoms with Crippen LogP contribution < -0.4 is 5.32 Å². The number of anilines is 1. The molecule has 0 unspecified atom stereocenters. The number of nitrogens with one attached hydrogen (secondary N) is 1. The van der Waals surface area contributed by atoms with Gasteiger partial charge in [-0.05, 0) is 24.6 Å². The Morgan fingerprint density at radius 3 is 2.67 bits per heavy atom. The van der Waals surface area contributed by atoms with Crippen molar-refractivity contribution in [3.05, 3.63) is 40.4 Å². The van der Waals surface area contributed by atoms with E-state index in [2.05, 4.69) is 38.1 Å². The zero-order valence-electron chi connectivity index (χ0n) is 12.5. The summed E-state index contributed by atoms with van der Waals surface area (Å²) >= 11 is 3.38. The molecule has 0 saturated heterocycles. The number of aromatic nitrogens is 2. The van der Waals surface area contributed by atoms with E-state index < -0.39 is 0 Å². The molecule has 0 amide bonds. The van der Waals surface area contributed by atoms with E-state index in [1.807, 2.05) is 13.8 Å². The zero-order valence-corrected chi connectivity index (χ0v) is 14.0. The number of benzene rings is 1. The fourth-order valence-corrected chi connectivity index (χ4v) is 2.26. The lowest BCUT2D eigenvalue weighted by Gasteiger charge is -2.12. The summed E-state index contributed by atoms with van der Waals surface area (Å²) in [6, 6.07) is 6.66. The Labute approximate surface area is 133 Å². The first-order valence-electron chi connectivity index (χ1n) is 7.09. The second-order valence-electron chi connectivity index (χ2n) is 5.20. The molecular formula is C16H19BrFN3. The fraction of sp³-hybridized carbons (Fsp3) is 0.375. The van der Waals surface area contributed by atoms with Crippen LogP contribution in [0.15, 0.2) is 28.7 Å². The van der Waals surface area contributed by atoms with Gasteiger partial charge in [0.05, 0.1) is 5.69 Å². The normalized spacial score (nSPS) is 11.0. The molecule has 1 heterocycles. The van der Waals surface area contributed by atoms with Crippen LogP contribution in [0.3, 0.4) is 0 Å². The molecule has 0 spiro atoms. The predicted molar refractivity (Wildman–Crippen MR) is 88.0 cm³/mol. The quantitative estimate of drug-likeness (QED) is 0.824. The van der Waals surface area contributed by atoms with Gasteiger partial charge >= 0.3 is 0 Å². The van der Waals surface area contributed by atoms with Gasteiger partial charge in [-0.3, -0.25) is 0 Å². The molecule has 3 nitrogen and oxygen atoms in total. The second-order valence-corrected chi connectivity index (χ2v) is 6.12. The molecule has 0 aliphatic heterocycles. The van der Waals surface area contributed by atoms with E-state index in [9.17, 15) is 4.39 Å². The molecule has 0 atom stereocenters. The SMILES string of the molecule is CCCNc1cc(-c2cc(Br)ccc2F)nc(C(C)C)n1. The van der Waals surface area contributed by atoms with Gasteiger partial charge in [0.1, 0.15) is 17.5 Å². The highest BCUT2D eigenvalue weighted by molar-refractivity contribution is 9.10. The maximum absolute atomic E-state index is 14.1.